The van der Waals surface area contributed by atoms with Gasteiger partial charge in [-0.25, -0.2) is 18.1 Å². The van der Waals surface area contributed by atoms with Crippen LogP contribution < -0.4 is 9.60 Å². The maximum atomic E-state index is 12.6. The molecule has 0 unspecified atom stereocenters. The highest BCUT2D eigenvalue weighted by Gasteiger charge is 2.16. The summed E-state index contributed by atoms with van der Waals surface area (Å²) in [5, 5.41) is 0.633. The number of hydrogen-bond donors (Lipinski definition) is 1. The molecule has 0 atom stereocenters. The summed E-state index contributed by atoms with van der Waals surface area (Å²) in [7, 11) is -3.65. The van der Waals surface area contributed by atoms with Gasteiger partial charge in [0.05, 0.1) is 28.0 Å². The fraction of sp³-hybridized carbons (Fsp3) is 0.200. The van der Waals surface area contributed by atoms with E-state index in [2.05, 4.69) is 9.71 Å². The Hall–Kier alpha value is -2.46. The summed E-state index contributed by atoms with van der Waals surface area (Å²) < 4.78 is 32.0. The molecule has 7 nitrogen and oxygen atoms in total. The molecule has 0 aliphatic heterocycles. The highest BCUT2D eigenvalue weighted by molar-refractivity contribution is 7.89. The molecule has 2 heterocycles. The van der Waals surface area contributed by atoms with Crippen molar-refractivity contribution in [2.75, 3.05) is 6.54 Å². The third-order valence-electron chi connectivity index (χ3n) is 4.65. The van der Waals surface area contributed by atoms with Crippen LogP contribution in [0.25, 0.3) is 10.2 Å². The molecule has 10 heteroatoms. The molecule has 0 saturated heterocycles. The molecule has 2 aromatic heterocycles. The molecule has 0 spiro atoms. The van der Waals surface area contributed by atoms with E-state index >= 15 is 0 Å². The molecule has 2 aromatic carbocycles. The molecule has 30 heavy (non-hydrogen) atoms. The van der Waals surface area contributed by atoms with Gasteiger partial charge in [-0.05, 0) is 42.3 Å². The summed E-state index contributed by atoms with van der Waals surface area (Å²) in [4.78, 5) is 16.4. The Kier molecular flexibility index (Phi) is 6.05. The van der Waals surface area contributed by atoms with Crippen molar-refractivity contribution < 1.29 is 8.42 Å². The maximum Gasteiger partial charge on any atom is 0.308 e. The van der Waals surface area contributed by atoms with E-state index in [0.717, 1.165) is 16.9 Å². The number of halogens is 1. The smallest absolute Gasteiger partial charge is 0.308 e. The summed E-state index contributed by atoms with van der Waals surface area (Å²) >= 11 is 6.95. The lowest BCUT2D eigenvalue weighted by atomic mass is 10.2. The van der Waals surface area contributed by atoms with Crippen LogP contribution in [0.5, 0.6) is 0 Å². The first-order chi connectivity index (χ1) is 14.4. The van der Waals surface area contributed by atoms with Crippen LogP contribution in [0, 0.1) is 0 Å². The van der Waals surface area contributed by atoms with Gasteiger partial charge in [-0.15, -0.1) is 0 Å². The minimum Gasteiger partial charge on any atom is -0.337 e. The minimum absolute atomic E-state index is 0.136. The summed E-state index contributed by atoms with van der Waals surface area (Å²) in [6, 6.07) is 12.1. The number of imidazole rings is 1. The van der Waals surface area contributed by atoms with Crippen molar-refractivity contribution in [3.05, 3.63) is 81.4 Å². The summed E-state index contributed by atoms with van der Waals surface area (Å²) in [5.41, 5.74) is 1.65. The summed E-state index contributed by atoms with van der Waals surface area (Å²) in [6.45, 7) is 1.39. The Morgan fingerprint density at radius 3 is 2.67 bits per heavy atom. The fourth-order valence-corrected chi connectivity index (χ4v) is 5.34. The zero-order valence-electron chi connectivity index (χ0n) is 15.9. The van der Waals surface area contributed by atoms with E-state index in [9.17, 15) is 13.2 Å². The SMILES string of the molecule is O=c1sc2cc(S(=O)(=O)NCCCn3ccnc3)ccc2n1Cc1ccc(Cl)cc1. The van der Waals surface area contributed by atoms with Crippen molar-refractivity contribution in [1.29, 1.82) is 0 Å². The Balaban J connectivity index is 1.50. The van der Waals surface area contributed by atoms with Gasteiger partial charge in [0, 0.05) is 30.5 Å². The second kappa shape index (κ2) is 8.73. The molecule has 0 bridgehead atoms. The zero-order valence-corrected chi connectivity index (χ0v) is 18.3. The molecule has 0 aliphatic rings. The van der Waals surface area contributed by atoms with Gasteiger partial charge in [0.1, 0.15) is 0 Å². The van der Waals surface area contributed by atoms with Crippen LogP contribution in [0.15, 0.2) is 70.9 Å². The number of sulfonamides is 1. The lowest BCUT2D eigenvalue weighted by Gasteiger charge is -2.08. The first-order valence-electron chi connectivity index (χ1n) is 9.26. The van der Waals surface area contributed by atoms with Gasteiger partial charge >= 0.3 is 4.87 Å². The van der Waals surface area contributed by atoms with Crippen molar-refractivity contribution >= 4 is 43.2 Å². The third kappa shape index (κ3) is 4.65. The van der Waals surface area contributed by atoms with Crippen LogP contribution in [0.3, 0.4) is 0 Å². The van der Waals surface area contributed by atoms with Crippen molar-refractivity contribution in [3.8, 4) is 0 Å². The van der Waals surface area contributed by atoms with Crippen LogP contribution in [0.4, 0.5) is 0 Å². The van der Waals surface area contributed by atoms with Gasteiger partial charge in [-0.2, -0.15) is 0 Å². The van der Waals surface area contributed by atoms with Crippen LogP contribution >= 0.6 is 22.9 Å². The number of nitrogens with one attached hydrogen (secondary N) is 1. The number of aromatic nitrogens is 3. The van der Waals surface area contributed by atoms with Gasteiger partial charge in [0.15, 0.2) is 0 Å². The zero-order chi connectivity index (χ0) is 21.1. The Bertz CT molecular complexity index is 1310. The number of fused-ring (bicyclic) bond motifs is 1. The molecule has 156 valence electrons. The second-order valence-electron chi connectivity index (χ2n) is 6.76. The average Bonchev–Trinajstić information content (AvgIpc) is 3.34. The Labute approximate surface area is 182 Å². The maximum absolute atomic E-state index is 12.6. The van der Waals surface area contributed by atoms with Crippen LogP contribution in [-0.2, 0) is 23.1 Å². The Morgan fingerprint density at radius 2 is 1.93 bits per heavy atom. The highest BCUT2D eigenvalue weighted by atomic mass is 35.5. The van der Waals surface area contributed by atoms with Crippen LogP contribution in [-0.4, -0.2) is 29.1 Å². The van der Waals surface area contributed by atoms with Crippen molar-refractivity contribution in [3.63, 3.8) is 0 Å². The molecule has 4 rings (SSSR count). The fourth-order valence-electron chi connectivity index (χ4n) is 3.11. The highest BCUT2D eigenvalue weighted by Crippen LogP contribution is 2.23. The molecular formula is C20H19ClN4O3S2. The molecule has 0 radical (unpaired) electrons. The quantitative estimate of drug-likeness (QED) is 0.407. The molecule has 0 amide bonds. The van der Waals surface area contributed by atoms with E-state index in [0.29, 0.717) is 41.3 Å². The summed E-state index contributed by atoms with van der Waals surface area (Å²) in [5.74, 6) is 0. The molecule has 0 aliphatic carbocycles. The average molecular weight is 463 g/mol. The van der Waals surface area contributed by atoms with Gasteiger partial charge in [-0.3, -0.25) is 9.36 Å². The normalized spacial score (nSPS) is 11.9. The van der Waals surface area contributed by atoms with Crippen LogP contribution in [0.2, 0.25) is 5.02 Å². The Morgan fingerprint density at radius 1 is 1.13 bits per heavy atom. The number of aryl methyl sites for hydroxylation is 1. The van der Waals surface area contributed by atoms with Crippen molar-refractivity contribution in [2.24, 2.45) is 0 Å². The first kappa shape index (κ1) is 20.8. The number of thiazole rings is 1. The van der Waals surface area contributed by atoms with Gasteiger partial charge in [0.25, 0.3) is 0 Å². The second-order valence-corrected chi connectivity index (χ2v) is 9.96. The molecule has 1 N–H and O–H groups in total. The van der Waals surface area contributed by atoms with Crippen LogP contribution in [0.1, 0.15) is 12.0 Å². The standard InChI is InChI=1S/C20H19ClN4O3S2/c21-16-4-2-15(3-5-16)13-25-18-7-6-17(12-19(18)29-20(25)26)30(27,28)23-8-1-10-24-11-9-22-14-24/h2-7,9,11-12,14,23H,1,8,10,13H2. The number of benzene rings is 2. The number of nitrogens with zero attached hydrogens (tertiary/aromatic N) is 3. The topological polar surface area (TPSA) is 86.0 Å². The lowest BCUT2D eigenvalue weighted by Crippen LogP contribution is -2.25. The van der Waals surface area contributed by atoms with Crippen molar-refractivity contribution in [1.82, 2.24) is 18.8 Å². The van der Waals surface area contributed by atoms with E-state index in [-0.39, 0.29) is 9.77 Å². The third-order valence-corrected chi connectivity index (χ3v) is 7.30. The molecule has 4 aromatic rings. The molecule has 0 fully saturated rings. The van der Waals surface area contributed by atoms with E-state index in [1.807, 2.05) is 22.9 Å². The monoisotopic (exact) mass is 462 g/mol. The number of rotatable bonds is 8. The van der Waals surface area contributed by atoms with Gasteiger partial charge < -0.3 is 4.57 Å². The lowest BCUT2D eigenvalue weighted by molar-refractivity contribution is 0.570. The minimum atomic E-state index is -3.65. The van der Waals surface area contributed by atoms with Crippen molar-refractivity contribution in [2.45, 2.75) is 24.4 Å². The first-order valence-corrected chi connectivity index (χ1v) is 11.9. The van der Waals surface area contributed by atoms with E-state index < -0.39 is 10.0 Å². The van der Waals surface area contributed by atoms with Gasteiger partial charge in [-0.1, -0.05) is 35.1 Å². The van der Waals surface area contributed by atoms with Gasteiger partial charge in [0.2, 0.25) is 10.0 Å². The predicted octanol–water partition coefficient (Wildman–Crippen LogP) is 3.33. The van der Waals surface area contributed by atoms with E-state index in [1.54, 1.807) is 41.4 Å². The summed E-state index contributed by atoms with van der Waals surface area (Å²) in [6.07, 6.45) is 5.85. The molecular weight excluding hydrogens is 444 g/mol. The molecule has 0 saturated carbocycles. The van der Waals surface area contributed by atoms with E-state index in [4.69, 9.17) is 11.6 Å². The van der Waals surface area contributed by atoms with E-state index in [1.165, 1.54) is 6.07 Å². The predicted molar refractivity (Wildman–Crippen MR) is 119 cm³/mol. The number of hydrogen-bond acceptors (Lipinski definition) is 5. The largest absolute Gasteiger partial charge is 0.337 e.